The van der Waals surface area contributed by atoms with Crippen LogP contribution in [0.25, 0.3) is 0 Å². The molecule has 2 aromatic carbocycles. The van der Waals surface area contributed by atoms with Crippen LogP contribution in [0.5, 0.6) is 0 Å². The van der Waals surface area contributed by atoms with E-state index in [1.54, 1.807) is 12.2 Å². The van der Waals surface area contributed by atoms with Crippen molar-refractivity contribution in [2.24, 2.45) is 0 Å². The summed E-state index contributed by atoms with van der Waals surface area (Å²) in [6, 6.07) is 19.0. The van der Waals surface area contributed by atoms with Crippen LogP contribution in [0.4, 0.5) is 0 Å². The quantitative estimate of drug-likeness (QED) is 0.620. The smallest absolute Gasteiger partial charge is 0.302 e. The van der Waals surface area contributed by atoms with E-state index in [0.29, 0.717) is 0 Å². The van der Waals surface area contributed by atoms with Crippen molar-refractivity contribution in [1.82, 2.24) is 0 Å². The monoisotopic (exact) mass is 322 g/mol. The third-order valence-corrected chi connectivity index (χ3v) is 3.91. The first-order chi connectivity index (χ1) is 11.6. The van der Waals surface area contributed by atoms with Gasteiger partial charge in [0.25, 0.3) is 0 Å². The van der Waals surface area contributed by atoms with E-state index >= 15 is 0 Å². The molecular formula is C21H22O3. The summed E-state index contributed by atoms with van der Waals surface area (Å²) in [7, 11) is 0. The number of esters is 1. The molecule has 0 saturated carbocycles. The lowest BCUT2D eigenvalue weighted by molar-refractivity contribution is -0.141. The van der Waals surface area contributed by atoms with Gasteiger partial charge in [-0.1, -0.05) is 78.9 Å². The highest BCUT2D eigenvalue weighted by molar-refractivity contribution is 5.66. The van der Waals surface area contributed by atoms with Gasteiger partial charge < -0.3 is 9.84 Å². The van der Waals surface area contributed by atoms with Gasteiger partial charge in [-0.15, -0.1) is 6.58 Å². The van der Waals surface area contributed by atoms with Gasteiger partial charge in [0, 0.05) is 6.92 Å². The molecule has 2 rings (SSSR count). The average Bonchev–Trinajstić information content (AvgIpc) is 2.63. The first kappa shape index (κ1) is 17.7. The molecule has 0 saturated heterocycles. The third kappa shape index (κ3) is 4.43. The normalized spacial score (nSPS) is 14.8. The van der Waals surface area contributed by atoms with Crippen molar-refractivity contribution >= 4 is 5.97 Å². The summed E-state index contributed by atoms with van der Waals surface area (Å²) in [5.41, 5.74) is 1.05. The van der Waals surface area contributed by atoms with Gasteiger partial charge in [0.15, 0.2) is 0 Å². The van der Waals surface area contributed by atoms with E-state index < -0.39 is 11.5 Å². The molecular weight excluding hydrogens is 300 g/mol. The molecule has 0 aliphatic rings. The minimum absolute atomic E-state index is 0.133. The topological polar surface area (TPSA) is 46.5 Å². The average molecular weight is 322 g/mol. The van der Waals surface area contributed by atoms with Crippen molar-refractivity contribution in [3.8, 4) is 0 Å². The zero-order chi connectivity index (χ0) is 17.4. The molecule has 0 aliphatic heterocycles. The second-order valence-electron chi connectivity index (χ2n) is 5.61. The molecule has 2 aromatic rings. The van der Waals surface area contributed by atoms with E-state index in [9.17, 15) is 9.90 Å². The predicted octanol–water partition coefficient (Wildman–Crippen LogP) is 3.96. The van der Waals surface area contributed by atoms with E-state index in [1.165, 1.54) is 6.92 Å². The van der Waals surface area contributed by atoms with Crippen LogP contribution < -0.4 is 0 Å². The van der Waals surface area contributed by atoms with Gasteiger partial charge in [0.1, 0.15) is 6.61 Å². The zero-order valence-corrected chi connectivity index (χ0v) is 13.8. The number of aliphatic hydroxyl groups is 1. The Bertz CT molecular complexity index is 692. The fraction of sp³-hybridized carbons (Fsp3) is 0.190. The Morgan fingerprint density at radius 1 is 1.17 bits per heavy atom. The zero-order valence-electron chi connectivity index (χ0n) is 13.8. The molecule has 0 amide bonds. The Kier molecular flexibility index (Phi) is 6.10. The van der Waals surface area contributed by atoms with Crippen molar-refractivity contribution in [1.29, 1.82) is 0 Å². The molecule has 1 N–H and O–H groups in total. The minimum atomic E-state index is -0.744. The van der Waals surface area contributed by atoms with Gasteiger partial charge in [0.2, 0.25) is 0 Å². The molecule has 0 fully saturated rings. The maximum atomic E-state index is 11.3. The van der Waals surface area contributed by atoms with Crippen LogP contribution in [0.2, 0.25) is 0 Å². The lowest BCUT2D eigenvalue weighted by atomic mass is 9.80. The number of hydrogen-bond acceptors (Lipinski definition) is 3. The van der Waals surface area contributed by atoms with Crippen LogP contribution in [0.3, 0.4) is 0 Å². The highest BCUT2D eigenvalue weighted by Gasteiger charge is 2.27. The summed E-state index contributed by atoms with van der Waals surface area (Å²) in [5, 5.41) is 10.4. The predicted molar refractivity (Wildman–Crippen MR) is 95.5 cm³/mol. The lowest BCUT2D eigenvalue weighted by Gasteiger charge is -2.27. The summed E-state index contributed by atoms with van der Waals surface area (Å²) < 4.78 is 5.25. The SMILES string of the molecule is C=C[C@](/C=C/[C@@H](O)c1ccccc1)(COC(C)=O)c1ccccc1. The van der Waals surface area contributed by atoms with E-state index in [0.717, 1.165) is 11.1 Å². The first-order valence-corrected chi connectivity index (χ1v) is 7.82. The molecule has 0 unspecified atom stereocenters. The Hall–Kier alpha value is -2.65. The van der Waals surface area contributed by atoms with E-state index in [2.05, 4.69) is 6.58 Å². The molecule has 0 spiro atoms. The fourth-order valence-corrected chi connectivity index (χ4v) is 2.47. The highest BCUT2D eigenvalue weighted by Crippen LogP contribution is 2.29. The highest BCUT2D eigenvalue weighted by atomic mass is 16.5. The molecule has 124 valence electrons. The van der Waals surface area contributed by atoms with Gasteiger partial charge in [0.05, 0.1) is 11.5 Å². The lowest BCUT2D eigenvalue weighted by Crippen LogP contribution is -2.28. The van der Waals surface area contributed by atoms with Crippen LogP contribution in [0.1, 0.15) is 24.2 Å². The maximum Gasteiger partial charge on any atom is 0.302 e. The molecule has 0 aromatic heterocycles. The second-order valence-corrected chi connectivity index (χ2v) is 5.61. The number of ether oxygens (including phenoxy) is 1. The third-order valence-electron chi connectivity index (χ3n) is 3.91. The van der Waals surface area contributed by atoms with Gasteiger partial charge in [-0.05, 0) is 11.1 Å². The maximum absolute atomic E-state index is 11.3. The van der Waals surface area contributed by atoms with E-state index in [-0.39, 0.29) is 12.6 Å². The second kappa shape index (κ2) is 8.27. The fourth-order valence-electron chi connectivity index (χ4n) is 2.47. The number of carbonyl (C=O) groups is 1. The van der Waals surface area contributed by atoms with E-state index in [1.807, 2.05) is 66.7 Å². The van der Waals surface area contributed by atoms with Crippen LogP contribution in [-0.4, -0.2) is 17.7 Å². The molecule has 0 bridgehead atoms. The summed E-state index contributed by atoms with van der Waals surface area (Å²) in [5.74, 6) is -0.353. The van der Waals surface area contributed by atoms with Crippen molar-refractivity contribution in [2.75, 3.05) is 6.61 Å². The number of rotatable bonds is 7. The number of hydrogen-bond donors (Lipinski definition) is 1. The molecule has 24 heavy (non-hydrogen) atoms. The van der Waals surface area contributed by atoms with Gasteiger partial charge in [-0.2, -0.15) is 0 Å². The number of aliphatic hydroxyl groups excluding tert-OH is 1. The summed E-state index contributed by atoms with van der Waals surface area (Å²) >= 11 is 0. The molecule has 0 radical (unpaired) electrons. The Morgan fingerprint density at radius 2 is 1.75 bits per heavy atom. The van der Waals surface area contributed by atoms with Crippen LogP contribution in [0.15, 0.2) is 85.5 Å². The van der Waals surface area contributed by atoms with E-state index in [4.69, 9.17) is 4.74 Å². The molecule has 3 nitrogen and oxygen atoms in total. The summed E-state index contributed by atoms with van der Waals surface area (Å²) in [4.78, 5) is 11.3. The number of carbonyl (C=O) groups excluding carboxylic acids is 1. The van der Waals surface area contributed by atoms with Gasteiger partial charge in [-0.3, -0.25) is 4.79 Å². The van der Waals surface area contributed by atoms with Gasteiger partial charge in [-0.25, -0.2) is 0 Å². The standard InChI is InChI=1S/C21H22O3/c1-3-21(16-24-17(2)22,19-12-8-5-9-13-19)15-14-20(23)18-10-6-4-7-11-18/h3-15,20,23H,1,16H2,2H3/b15-14+/t20-,21+/m1/s1. The van der Waals surface area contributed by atoms with Crippen LogP contribution in [-0.2, 0) is 14.9 Å². The molecule has 0 aliphatic carbocycles. The van der Waals surface area contributed by atoms with Crippen LogP contribution in [0, 0.1) is 0 Å². The largest absolute Gasteiger partial charge is 0.464 e. The number of benzene rings is 2. The summed E-state index contributed by atoms with van der Waals surface area (Å²) in [6.07, 6.45) is 4.54. The van der Waals surface area contributed by atoms with Gasteiger partial charge >= 0.3 is 5.97 Å². The summed E-state index contributed by atoms with van der Waals surface area (Å²) in [6.45, 7) is 5.42. The van der Waals surface area contributed by atoms with Crippen molar-refractivity contribution < 1.29 is 14.6 Å². The molecule has 3 heteroatoms. The molecule has 0 heterocycles. The Morgan fingerprint density at radius 3 is 2.29 bits per heavy atom. The Balaban J connectivity index is 2.33. The van der Waals surface area contributed by atoms with Crippen molar-refractivity contribution in [3.05, 3.63) is 96.6 Å². The Labute approximate surface area is 142 Å². The minimum Gasteiger partial charge on any atom is -0.464 e. The van der Waals surface area contributed by atoms with Crippen molar-refractivity contribution in [3.63, 3.8) is 0 Å². The van der Waals surface area contributed by atoms with Crippen LogP contribution >= 0.6 is 0 Å². The first-order valence-electron chi connectivity index (χ1n) is 7.82. The van der Waals surface area contributed by atoms with Crippen molar-refractivity contribution in [2.45, 2.75) is 18.4 Å². The molecule has 2 atom stereocenters.